The average molecular weight is 287 g/mol. The Morgan fingerprint density at radius 2 is 2.11 bits per heavy atom. The first kappa shape index (κ1) is 15.4. The molecule has 1 aromatic carbocycles. The maximum atomic E-state index is 11.7. The summed E-state index contributed by atoms with van der Waals surface area (Å²) >= 11 is 5.50. The number of anilines is 1. The van der Waals surface area contributed by atoms with Gasteiger partial charge >= 0.3 is 0 Å². The van der Waals surface area contributed by atoms with E-state index in [1.807, 2.05) is 13.8 Å². The van der Waals surface area contributed by atoms with E-state index in [1.165, 1.54) is 18.2 Å². The molecule has 0 unspecified atom stereocenters. The zero-order valence-corrected chi connectivity index (χ0v) is 11.5. The summed E-state index contributed by atoms with van der Waals surface area (Å²) in [6, 6.07) is 5.87. The Labute approximate surface area is 116 Å². The maximum absolute atomic E-state index is 11.7. The predicted molar refractivity (Wildman–Crippen MR) is 72.1 cm³/mol. The number of hydrogen-bond acceptors (Lipinski definition) is 4. The zero-order valence-electron chi connectivity index (χ0n) is 10.7. The van der Waals surface area contributed by atoms with E-state index in [0.717, 1.165) is 5.06 Å². The van der Waals surface area contributed by atoms with Crippen molar-refractivity contribution in [2.45, 2.75) is 13.8 Å². The van der Waals surface area contributed by atoms with Gasteiger partial charge in [-0.05, 0) is 12.0 Å². The first-order valence-corrected chi connectivity index (χ1v) is 6.26. The first-order valence-electron chi connectivity index (χ1n) is 5.72. The minimum Gasteiger partial charge on any atom is -0.271 e. The minimum atomic E-state index is -0.567. The predicted octanol–water partition coefficient (Wildman–Crippen LogP) is 2.75. The third-order valence-corrected chi connectivity index (χ3v) is 2.40. The summed E-state index contributed by atoms with van der Waals surface area (Å²) in [6.45, 7) is 4.07. The smallest absolute Gasteiger partial charge is 0.271 e. The highest BCUT2D eigenvalue weighted by Gasteiger charge is 2.24. The van der Waals surface area contributed by atoms with E-state index in [9.17, 15) is 14.9 Å². The molecule has 0 radical (unpaired) electrons. The van der Waals surface area contributed by atoms with Gasteiger partial charge in [-0.15, -0.1) is 11.6 Å². The van der Waals surface area contributed by atoms with E-state index in [0.29, 0.717) is 0 Å². The van der Waals surface area contributed by atoms with Gasteiger partial charge < -0.3 is 0 Å². The van der Waals surface area contributed by atoms with Crippen molar-refractivity contribution < 1.29 is 14.6 Å². The average Bonchev–Trinajstić information content (AvgIpc) is 2.38. The number of halogens is 1. The molecule has 0 aromatic heterocycles. The standard InChI is InChI=1S/C12H15ClN2O4/c1-9(2)8-19-14(12(16)7-13)10-5-3-4-6-11(10)15(17)18/h3-6,9H,7-8H2,1-2H3. The highest BCUT2D eigenvalue weighted by atomic mass is 35.5. The second-order valence-corrected chi connectivity index (χ2v) is 4.52. The first-order chi connectivity index (χ1) is 8.97. The van der Waals surface area contributed by atoms with E-state index < -0.39 is 10.8 Å². The van der Waals surface area contributed by atoms with Crippen LogP contribution in [0.3, 0.4) is 0 Å². The van der Waals surface area contributed by atoms with Crippen LogP contribution < -0.4 is 5.06 Å². The zero-order chi connectivity index (χ0) is 14.4. The van der Waals surface area contributed by atoms with E-state index in [2.05, 4.69) is 0 Å². The van der Waals surface area contributed by atoms with Crippen LogP contribution in [0.4, 0.5) is 11.4 Å². The van der Waals surface area contributed by atoms with Gasteiger partial charge in [-0.3, -0.25) is 19.7 Å². The number of carbonyl (C=O) groups is 1. The number of benzene rings is 1. The molecule has 6 nitrogen and oxygen atoms in total. The van der Waals surface area contributed by atoms with Gasteiger partial charge in [0.05, 0.1) is 11.5 Å². The third kappa shape index (κ3) is 4.18. The van der Waals surface area contributed by atoms with Crippen molar-refractivity contribution >= 4 is 28.9 Å². The van der Waals surface area contributed by atoms with Crippen LogP contribution in [0.15, 0.2) is 24.3 Å². The van der Waals surface area contributed by atoms with Gasteiger partial charge in [0.25, 0.3) is 11.6 Å². The highest BCUT2D eigenvalue weighted by Crippen LogP contribution is 2.28. The van der Waals surface area contributed by atoms with E-state index in [4.69, 9.17) is 16.4 Å². The van der Waals surface area contributed by atoms with Crippen molar-refractivity contribution in [2.75, 3.05) is 17.6 Å². The number of amides is 1. The second-order valence-electron chi connectivity index (χ2n) is 4.26. The lowest BCUT2D eigenvalue weighted by Gasteiger charge is -2.21. The lowest BCUT2D eigenvalue weighted by molar-refractivity contribution is -0.384. The molecule has 7 heteroatoms. The van der Waals surface area contributed by atoms with Gasteiger partial charge in [0.1, 0.15) is 5.88 Å². The number of carbonyl (C=O) groups excluding carboxylic acids is 1. The molecule has 0 saturated carbocycles. The number of hydroxylamine groups is 1. The second kappa shape index (κ2) is 7.06. The fourth-order valence-corrected chi connectivity index (χ4v) is 1.45. The van der Waals surface area contributed by atoms with Crippen LogP contribution in [0.25, 0.3) is 0 Å². The molecular weight excluding hydrogens is 272 g/mol. The van der Waals surface area contributed by atoms with Gasteiger partial charge in [-0.25, -0.2) is 0 Å². The number of nitro groups is 1. The van der Waals surface area contributed by atoms with Crippen LogP contribution >= 0.6 is 11.6 Å². The number of hydrogen-bond donors (Lipinski definition) is 0. The van der Waals surface area contributed by atoms with Crippen molar-refractivity contribution in [1.29, 1.82) is 0 Å². The largest absolute Gasteiger partial charge is 0.295 e. The monoisotopic (exact) mass is 286 g/mol. The fourth-order valence-electron chi connectivity index (χ4n) is 1.34. The molecular formula is C12H15ClN2O4. The molecule has 0 bridgehead atoms. The number of alkyl halides is 1. The quantitative estimate of drug-likeness (QED) is 0.458. The fraction of sp³-hybridized carbons (Fsp3) is 0.417. The Bertz CT molecular complexity index is 465. The summed E-state index contributed by atoms with van der Waals surface area (Å²) in [5.74, 6) is -0.686. The molecule has 0 aliphatic heterocycles. The SMILES string of the molecule is CC(C)CON(C(=O)CCl)c1ccccc1[N+](=O)[O-]. The van der Waals surface area contributed by atoms with E-state index in [1.54, 1.807) is 6.07 Å². The highest BCUT2D eigenvalue weighted by molar-refractivity contribution is 6.29. The Morgan fingerprint density at radius 1 is 1.47 bits per heavy atom. The number of rotatable bonds is 6. The van der Waals surface area contributed by atoms with Gasteiger partial charge in [-0.1, -0.05) is 26.0 Å². The number of nitrogens with zero attached hydrogens (tertiary/aromatic N) is 2. The normalized spacial score (nSPS) is 10.5. The van der Waals surface area contributed by atoms with Crippen LogP contribution in [0, 0.1) is 16.0 Å². The topological polar surface area (TPSA) is 72.7 Å². The lowest BCUT2D eigenvalue weighted by Crippen LogP contribution is -2.33. The van der Waals surface area contributed by atoms with Crippen LogP contribution in [-0.2, 0) is 9.63 Å². The van der Waals surface area contributed by atoms with Crippen LogP contribution in [0.2, 0.25) is 0 Å². The Morgan fingerprint density at radius 3 is 2.63 bits per heavy atom. The van der Waals surface area contributed by atoms with Crippen LogP contribution in [0.5, 0.6) is 0 Å². The molecule has 0 aliphatic carbocycles. The van der Waals surface area contributed by atoms with Crippen molar-refractivity contribution in [3.8, 4) is 0 Å². The molecule has 0 heterocycles. The maximum Gasteiger partial charge on any atom is 0.295 e. The molecule has 0 saturated heterocycles. The third-order valence-electron chi connectivity index (χ3n) is 2.18. The molecule has 1 rings (SSSR count). The summed E-state index contributed by atoms with van der Waals surface area (Å²) in [4.78, 5) is 27.5. The summed E-state index contributed by atoms with van der Waals surface area (Å²) < 4.78 is 0. The Kier molecular flexibility index (Phi) is 5.72. The van der Waals surface area contributed by atoms with Gasteiger partial charge in [0.2, 0.25) is 0 Å². The molecule has 1 amide bonds. The molecule has 0 N–H and O–H groups in total. The van der Waals surface area contributed by atoms with Crippen LogP contribution in [-0.4, -0.2) is 23.3 Å². The van der Waals surface area contributed by atoms with Crippen molar-refractivity contribution in [3.63, 3.8) is 0 Å². The van der Waals surface area contributed by atoms with Crippen molar-refractivity contribution in [1.82, 2.24) is 0 Å². The van der Waals surface area contributed by atoms with Crippen molar-refractivity contribution in [3.05, 3.63) is 34.4 Å². The van der Waals surface area contributed by atoms with Gasteiger partial charge in [0.15, 0.2) is 5.69 Å². The molecule has 0 atom stereocenters. The minimum absolute atomic E-state index is 0.0822. The Hall–Kier alpha value is -1.66. The summed E-state index contributed by atoms with van der Waals surface area (Å²) in [5.41, 5.74) is -0.122. The summed E-state index contributed by atoms with van der Waals surface area (Å²) in [5, 5.41) is 11.8. The molecule has 19 heavy (non-hydrogen) atoms. The summed E-state index contributed by atoms with van der Waals surface area (Å²) in [6.07, 6.45) is 0. The molecule has 0 fully saturated rings. The van der Waals surface area contributed by atoms with E-state index >= 15 is 0 Å². The number of nitro benzene ring substituents is 1. The molecule has 0 aliphatic rings. The van der Waals surface area contributed by atoms with E-state index in [-0.39, 0.29) is 29.8 Å². The summed E-state index contributed by atoms with van der Waals surface area (Å²) in [7, 11) is 0. The molecule has 0 spiro atoms. The van der Waals surface area contributed by atoms with Gasteiger partial charge in [0, 0.05) is 6.07 Å². The molecule has 104 valence electrons. The Balaban J connectivity index is 3.10. The van der Waals surface area contributed by atoms with Crippen LogP contribution in [0.1, 0.15) is 13.8 Å². The van der Waals surface area contributed by atoms with Crippen molar-refractivity contribution in [2.24, 2.45) is 5.92 Å². The van der Waals surface area contributed by atoms with Gasteiger partial charge in [-0.2, -0.15) is 5.06 Å². The molecule has 1 aromatic rings. The number of para-hydroxylation sites is 2. The lowest BCUT2D eigenvalue weighted by atomic mass is 10.2.